The summed E-state index contributed by atoms with van der Waals surface area (Å²) in [6.45, 7) is 3.63. The first-order valence-corrected chi connectivity index (χ1v) is 10.9. The lowest BCUT2D eigenvalue weighted by molar-refractivity contribution is -0.127. The molecule has 1 N–H and O–H groups in total. The zero-order valence-electron chi connectivity index (χ0n) is 18.9. The van der Waals surface area contributed by atoms with Gasteiger partial charge in [-0.25, -0.2) is 10.2 Å². The molecule has 0 aliphatic heterocycles. The van der Waals surface area contributed by atoms with Crippen LogP contribution in [0.5, 0.6) is 11.5 Å². The third-order valence-electron chi connectivity index (χ3n) is 5.19. The van der Waals surface area contributed by atoms with Crippen LogP contribution in [-0.2, 0) is 4.79 Å². The van der Waals surface area contributed by atoms with E-state index in [0.29, 0.717) is 17.1 Å². The number of carbonyl (C=O) groups is 2. The standard InChI is InChI=1S/C28H24N2O4/c1-19-10-14-23(15-11-19)28(32)34-24-16-12-21(13-17-24)18-29-30-27(31)20(2)33-26-9-5-7-22-6-3-4-8-25(22)26/h3-18,20H,1-2H3,(H,30,31)/b29-18+. The van der Waals surface area contributed by atoms with Gasteiger partial charge in [-0.3, -0.25) is 4.79 Å². The summed E-state index contributed by atoms with van der Waals surface area (Å²) >= 11 is 0. The Morgan fingerprint density at radius 1 is 0.882 bits per heavy atom. The zero-order chi connectivity index (χ0) is 23.9. The first kappa shape index (κ1) is 22.7. The fourth-order valence-electron chi connectivity index (χ4n) is 3.28. The highest BCUT2D eigenvalue weighted by Gasteiger charge is 2.15. The van der Waals surface area contributed by atoms with Gasteiger partial charge in [-0.15, -0.1) is 0 Å². The molecule has 34 heavy (non-hydrogen) atoms. The number of hydrazone groups is 1. The average Bonchev–Trinajstić information content (AvgIpc) is 2.85. The quantitative estimate of drug-likeness (QED) is 0.179. The Morgan fingerprint density at radius 3 is 2.35 bits per heavy atom. The van der Waals surface area contributed by atoms with Gasteiger partial charge in [0.25, 0.3) is 5.91 Å². The number of esters is 1. The normalized spacial score (nSPS) is 11.8. The predicted molar refractivity (Wildman–Crippen MR) is 132 cm³/mol. The van der Waals surface area contributed by atoms with Gasteiger partial charge in [0.1, 0.15) is 11.5 Å². The van der Waals surface area contributed by atoms with Gasteiger partial charge in [0, 0.05) is 5.39 Å². The Balaban J connectivity index is 1.30. The topological polar surface area (TPSA) is 77.0 Å². The van der Waals surface area contributed by atoms with Crippen molar-refractivity contribution in [3.63, 3.8) is 0 Å². The number of benzene rings is 4. The number of carbonyl (C=O) groups excluding carboxylic acids is 2. The maximum Gasteiger partial charge on any atom is 0.343 e. The number of ether oxygens (including phenoxy) is 2. The van der Waals surface area contributed by atoms with Gasteiger partial charge in [-0.1, -0.05) is 54.1 Å². The lowest BCUT2D eigenvalue weighted by atomic mass is 10.1. The smallest absolute Gasteiger partial charge is 0.343 e. The molecule has 1 unspecified atom stereocenters. The molecule has 6 heteroatoms. The highest BCUT2D eigenvalue weighted by atomic mass is 16.5. The molecule has 170 valence electrons. The molecule has 6 nitrogen and oxygen atoms in total. The van der Waals surface area contributed by atoms with E-state index < -0.39 is 12.1 Å². The van der Waals surface area contributed by atoms with Gasteiger partial charge >= 0.3 is 5.97 Å². The summed E-state index contributed by atoms with van der Waals surface area (Å²) in [4.78, 5) is 24.6. The zero-order valence-corrected chi connectivity index (χ0v) is 18.9. The Hall–Kier alpha value is -4.45. The highest BCUT2D eigenvalue weighted by molar-refractivity contribution is 5.91. The van der Waals surface area contributed by atoms with Crippen LogP contribution in [0.3, 0.4) is 0 Å². The number of nitrogens with zero attached hydrogens (tertiary/aromatic N) is 1. The lowest BCUT2D eigenvalue weighted by Gasteiger charge is -2.14. The van der Waals surface area contributed by atoms with E-state index >= 15 is 0 Å². The Kier molecular flexibility index (Phi) is 6.98. The number of aryl methyl sites for hydroxylation is 1. The number of rotatable bonds is 7. The Morgan fingerprint density at radius 2 is 1.59 bits per heavy atom. The van der Waals surface area contributed by atoms with Crippen molar-refractivity contribution in [3.05, 3.63) is 108 Å². The van der Waals surface area contributed by atoms with Crippen molar-refractivity contribution in [2.24, 2.45) is 5.10 Å². The molecule has 0 saturated heterocycles. The van der Waals surface area contributed by atoms with Gasteiger partial charge in [0.15, 0.2) is 6.10 Å². The van der Waals surface area contributed by atoms with Crippen molar-refractivity contribution in [2.45, 2.75) is 20.0 Å². The maximum atomic E-state index is 12.4. The van der Waals surface area contributed by atoms with Crippen molar-refractivity contribution in [2.75, 3.05) is 0 Å². The minimum absolute atomic E-state index is 0.368. The van der Waals surface area contributed by atoms with Crippen LogP contribution in [0.2, 0.25) is 0 Å². The van der Waals surface area contributed by atoms with Crippen LogP contribution < -0.4 is 14.9 Å². The van der Waals surface area contributed by atoms with Crippen LogP contribution in [0.4, 0.5) is 0 Å². The molecule has 0 fully saturated rings. The second kappa shape index (κ2) is 10.4. The molecule has 1 amide bonds. The van der Waals surface area contributed by atoms with E-state index in [-0.39, 0.29) is 5.91 Å². The largest absolute Gasteiger partial charge is 0.480 e. The van der Waals surface area contributed by atoms with Crippen molar-refractivity contribution in [1.29, 1.82) is 0 Å². The fraction of sp³-hybridized carbons (Fsp3) is 0.107. The highest BCUT2D eigenvalue weighted by Crippen LogP contribution is 2.26. The van der Waals surface area contributed by atoms with Gasteiger partial charge in [-0.2, -0.15) is 5.10 Å². The van der Waals surface area contributed by atoms with Crippen molar-refractivity contribution >= 4 is 28.9 Å². The van der Waals surface area contributed by atoms with Crippen LogP contribution in [0, 0.1) is 6.92 Å². The first-order valence-electron chi connectivity index (χ1n) is 10.9. The number of fused-ring (bicyclic) bond motifs is 1. The molecule has 4 aromatic rings. The van der Waals surface area contributed by atoms with Crippen molar-refractivity contribution in [1.82, 2.24) is 5.43 Å². The monoisotopic (exact) mass is 452 g/mol. The van der Waals surface area contributed by atoms with E-state index in [2.05, 4.69) is 10.5 Å². The maximum absolute atomic E-state index is 12.4. The molecular weight excluding hydrogens is 428 g/mol. The average molecular weight is 453 g/mol. The van der Waals surface area contributed by atoms with Crippen LogP contribution in [0.15, 0.2) is 96.1 Å². The SMILES string of the molecule is Cc1ccc(C(=O)Oc2ccc(/C=N/NC(=O)C(C)Oc3cccc4ccccc34)cc2)cc1. The van der Waals surface area contributed by atoms with Gasteiger partial charge in [-0.05, 0) is 67.3 Å². The summed E-state index contributed by atoms with van der Waals surface area (Å²) in [5.74, 6) is 0.270. The lowest BCUT2D eigenvalue weighted by Crippen LogP contribution is -2.33. The molecule has 4 aromatic carbocycles. The van der Waals surface area contributed by atoms with E-state index in [4.69, 9.17) is 9.47 Å². The second-order valence-electron chi connectivity index (χ2n) is 7.80. The Labute approximate surface area is 197 Å². The summed E-state index contributed by atoms with van der Waals surface area (Å²) in [5, 5.41) is 5.98. The predicted octanol–water partition coefficient (Wildman–Crippen LogP) is 5.29. The fourth-order valence-corrected chi connectivity index (χ4v) is 3.28. The van der Waals surface area contributed by atoms with E-state index in [1.807, 2.05) is 61.5 Å². The molecule has 0 heterocycles. The van der Waals surface area contributed by atoms with Gasteiger partial charge in [0.05, 0.1) is 11.8 Å². The summed E-state index contributed by atoms with van der Waals surface area (Å²) in [6, 6.07) is 27.5. The van der Waals surface area contributed by atoms with E-state index in [9.17, 15) is 9.59 Å². The molecule has 0 saturated carbocycles. The molecule has 4 rings (SSSR count). The van der Waals surface area contributed by atoms with Gasteiger partial charge in [0.2, 0.25) is 0 Å². The van der Waals surface area contributed by atoms with Gasteiger partial charge < -0.3 is 9.47 Å². The molecule has 0 aliphatic carbocycles. The number of hydrogen-bond donors (Lipinski definition) is 1. The summed E-state index contributed by atoms with van der Waals surface area (Å²) in [6.07, 6.45) is 0.778. The molecule has 0 bridgehead atoms. The minimum Gasteiger partial charge on any atom is -0.480 e. The molecular formula is C28H24N2O4. The third kappa shape index (κ3) is 5.66. The summed E-state index contributed by atoms with van der Waals surface area (Å²) in [7, 11) is 0. The molecule has 0 radical (unpaired) electrons. The van der Waals surface area contributed by atoms with E-state index in [1.165, 1.54) is 6.21 Å². The van der Waals surface area contributed by atoms with E-state index in [1.54, 1.807) is 43.3 Å². The van der Waals surface area contributed by atoms with Crippen molar-refractivity contribution < 1.29 is 19.1 Å². The van der Waals surface area contributed by atoms with Crippen LogP contribution >= 0.6 is 0 Å². The second-order valence-corrected chi connectivity index (χ2v) is 7.80. The summed E-state index contributed by atoms with van der Waals surface area (Å²) < 4.78 is 11.2. The van der Waals surface area contributed by atoms with E-state index in [0.717, 1.165) is 21.9 Å². The Bertz CT molecular complexity index is 1320. The van der Waals surface area contributed by atoms with Crippen LogP contribution in [-0.4, -0.2) is 24.2 Å². The van der Waals surface area contributed by atoms with Crippen molar-refractivity contribution in [3.8, 4) is 11.5 Å². The number of nitrogens with one attached hydrogen (secondary N) is 1. The minimum atomic E-state index is -0.730. The third-order valence-corrected chi connectivity index (χ3v) is 5.19. The van der Waals surface area contributed by atoms with Crippen LogP contribution in [0.1, 0.15) is 28.4 Å². The summed E-state index contributed by atoms with van der Waals surface area (Å²) in [5.41, 5.74) is 4.78. The number of hydrogen-bond acceptors (Lipinski definition) is 5. The molecule has 0 aliphatic rings. The first-order chi connectivity index (χ1) is 16.5. The molecule has 1 atom stereocenters. The van der Waals surface area contributed by atoms with Crippen LogP contribution in [0.25, 0.3) is 10.8 Å². The number of amides is 1. The molecule has 0 spiro atoms. The molecule has 0 aromatic heterocycles.